The van der Waals surface area contributed by atoms with Crippen molar-refractivity contribution < 1.29 is 13.9 Å². The molecule has 2 N–H and O–H groups in total. The molecular weight excluding hydrogens is 382 g/mol. The van der Waals surface area contributed by atoms with Crippen LogP contribution >= 0.6 is 0 Å². The second kappa shape index (κ2) is 5.51. The van der Waals surface area contributed by atoms with E-state index in [1.165, 1.54) is 0 Å². The molecule has 3 aliphatic rings. The highest BCUT2D eigenvalue weighted by Crippen LogP contribution is 2.56. The number of ether oxygens (including phenoxy) is 1. The summed E-state index contributed by atoms with van der Waals surface area (Å²) in [5, 5.41) is 10.6. The first-order chi connectivity index (χ1) is 14.6. The topological polar surface area (TPSA) is 110 Å². The van der Waals surface area contributed by atoms with Crippen molar-refractivity contribution >= 4 is 22.6 Å². The molecule has 146 valence electrons. The van der Waals surface area contributed by atoms with Crippen molar-refractivity contribution in [2.45, 2.75) is 18.3 Å². The third-order valence-corrected chi connectivity index (χ3v) is 6.27. The Morgan fingerprint density at radius 2 is 1.97 bits per heavy atom. The third kappa shape index (κ3) is 1.75. The summed E-state index contributed by atoms with van der Waals surface area (Å²) in [6, 6.07) is 14.6. The van der Waals surface area contributed by atoms with Gasteiger partial charge in [-0.25, -0.2) is 4.79 Å². The van der Waals surface area contributed by atoms with E-state index in [0.29, 0.717) is 23.1 Å². The van der Waals surface area contributed by atoms with E-state index in [1.807, 2.05) is 12.1 Å². The number of fused-ring (bicyclic) bond motifs is 5. The highest BCUT2D eigenvalue weighted by atomic mass is 16.5. The summed E-state index contributed by atoms with van der Waals surface area (Å²) in [6.07, 6.45) is 1.62. The highest BCUT2D eigenvalue weighted by molar-refractivity contribution is 6.15. The van der Waals surface area contributed by atoms with E-state index in [0.717, 1.165) is 24.1 Å². The number of para-hydroxylation sites is 2. The maximum atomic E-state index is 14.0. The molecule has 0 radical (unpaired) electrons. The molecule has 30 heavy (non-hydrogen) atoms. The summed E-state index contributed by atoms with van der Waals surface area (Å²) in [4.78, 5) is 28.9. The van der Waals surface area contributed by atoms with Crippen molar-refractivity contribution in [1.29, 1.82) is 5.26 Å². The fourth-order valence-corrected chi connectivity index (χ4v) is 5.12. The summed E-state index contributed by atoms with van der Waals surface area (Å²) in [6.45, 7) is 0.512. The van der Waals surface area contributed by atoms with Gasteiger partial charge in [-0.3, -0.25) is 4.79 Å². The second-order valence-electron chi connectivity index (χ2n) is 7.67. The summed E-state index contributed by atoms with van der Waals surface area (Å²) < 4.78 is 11.4. The number of benzene rings is 2. The molecule has 0 bridgehead atoms. The monoisotopic (exact) mass is 397 g/mol. The van der Waals surface area contributed by atoms with Crippen LogP contribution in [-0.4, -0.2) is 12.5 Å². The maximum Gasteiger partial charge on any atom is 0.345 e. The van der Waals surface area contributed by atoms with Crippen molar-refractivity contribution in [3.63, 3.8) is 0 Å². The lowest BCUT2D eigenvalue weighted by Gasteiger charge is -2.33. The van der Waals surface area contributed by atoms with Gasteiger partial charge in [0, 0.05) is 12.1 Å². The van der Waals surface area contributed by atoms with Gasteiger partial charge in [0.1, 0.15) is 22.8 Å². The zero-order valence-electron chi connectivity index (χ0n) is 15.8. The molecule has 1 atom stereocenters. The Morgan fingerprint density at radius 1 is 1.13 bits per heavy atom. The molecule has 1 amide bonds. The fourth-order valence-electron chi connectivity index (χ4n) is 5.12. The van der Waals surface area contributed by atoms with Crippen LogP contribution in [0.2, 0.25) is 0 Å². The second-order valence-corrected chi connectivity index (χ2v) is 7.67. The Balaban J connectivity index is 1.84. The highest BCUT2D eigenvalue weighted by Gasteiger charge is 2.61. The summed E-state index contributed by atoms with van der Waals surface area (Å²) in [7, 11) is 0. The predicted octanol–water partition coefficient (Wildman–Crippen LogP) is 2.46. The van der Waals surface area contributed by atoms with Crippen LogP contribution in [-0.2, 0) is 16.6 Å². The molecule has 7 nitrogen and oxygen atoms in total. The standard InChI is InChI=1S/C23H15N3O4/c24-11-15-20(25)30-19-13-7-1-2-9-16(13)29-21(27)17(19)23(15)14-8-3-5-12-6-4-10-26(18(12)14)22(23)28/h1-3,5,7-9H,4,6,10,25H2. The van der Waals surface area contributed by atoms with E-state index >= 15 is 0 Å². The van der Waals surface area contributed by atoms with Crippen LogP contribution < -0.4 is 21.0 Å². The normalized spacial score (nSPS) is 21.4. The molecule has 4 heterocycles. The van der Waals surface area contributed by atoms with Crippen LogP contribution in [0.5, 0.6) is 5.75 Å². The molecule has 0 fully saturated rings. The van der Waals surface area contributed by atoms with Crippen LogP contribution in [0.15, 0.2) is 63.1 Å². The average Bonchev–Trinajstić information content (AvgIpc) is 2.99. The maximum absolute atomic E-state index is 14.0. The van der Waals surface area contributed by atoms with Crippen molar-refractivity contribution in [2.24, 2.45) is 5.73 Å². The van der Waals surface area contributed by atoms with E-state index in [-0.39, 0.29) is 28.7 Å². The largest absolute Gasteiger partial charge is 0.439 e. The Hall–Kier alpha value is -4.05. The molecule has 1 unspecified atom stereocenters. The first-order valence-corrected chi connectivity index (χ1v) is 9.68. The molecule has 0 saturated carbocycles. The van der Waals surface area contributed by atoms with E-state index in [2.05, 4.69) is 6.07 Å². The first kappa shape index (κ1) is 16.9. The van der Waals surface area contributed by atoms with Gasteiger partial charge in [-0.2, -0.15) is 5.26 Å². The lowest BCUT2D eigenvalue weighted by atomic mass is 9.69. The van der Waals surface area contributed by atoms with Gasteiger partial charge < -0.3 is 19.8 Å². The number of anilines is 1. The Morgan fingerprint density at radius 3 is 2.80 bits per heavy atom. The summed E-state index contributed by atoms with van der Waals surface area (Å²) in [5.41, 5.74) is 6.41. The van der Waals surface area contributed by atoms with Gasteiger partial charge in [-0.15, -0.1) is 0 Å². The predicted molar refractivity (Wildman–Crippen MR) is 108 cm³/mol. The summed E-state index contributed by atoms with van der Waals surface area (Å²) >= 11 is 0. The van der Waals surface area contributed by atoms with Crippen LogP contribution in [0.1, 0.15) is 23.1 Å². The quantitative estimate of drug-likeness (QED) is 0.584. The average molecular weight is 397 g/mol. The number of nitriles is 1. The van der Waals surface area contributed by atoms with E-state index in [9.17, 15) is 14.9 Å². The number of nitrogens with zero attached hydrogens (tertiary/aromatic N) is 2. The van der Waals surface area contributed by atoms with Gasteiger partial charge in [-0.1, -0.05) is 30.3 Å². The Kier molecular flexibility index (Phi) is 3.10. The van der Waals surface area contributed by atoms with Crippen LogP contribution in [0.25, 0.3) is 11.0 Å². The minimum Gasteiger partial charge on any atom is -0.439 e. The summed E-state index contributed by atoms with van der Waals surface area (Å²) in [5.74, 6) is -0.369. The van der Waals surface area contributed by atoms with Crippen LogP contribution in [0.3, 0.4) is 0 Å². The number of rotatable bonds is 0. The minimum atomic E-state index is -1.67. The molecule has 1 aromatic heterocycles. The molecule has 0 aliphatic carbocycles. The molecular formula is C23H15N3O4. The van der Waals surface area contributed by atoms with E-state index < -0.39 is 11.0 Å². The molecule has 1 spiro atoms. The number of hydrogen-bond donors (Lipinski definition) is 1. The van der Waals surface area contributed by atoms with Crippen molar-refractivity contribution in [1.82, 2.24) is 0 Å². The van der Waals surface area contributed by atoms with Crippen molar-refractivity contribution in [3.8, 4) is 11.8 Å². The van der Waals surface area contributed by atoms with Gasteiger partial charge in [0.15, 0.2) is 11.2 Å². The third-order valence-electron chi connectivity index (χ3n) is 6.27. The number of carbonyl (C=O) groups excluding carboxylic acids is 1. The van der Waals surface area contributed by atoms with Crippen molar-refractivity contribution in [3.05, 3.63) is 81.0 Å². The molecule has 2 aromatic carbocycles. The van der Waals surface area contributed by atoms with Crippen molar-refractivity contribution in [2.75, 3.05) is 11.4 Å². The zero-order chi connectivity index (χ0) is 20.6. The smallest absolute Gasteiger partial charge is 0.345 e. The van der Waals surface area contributed by atoms with E-state index in [4.69, 9.17) is 14.9 Å². The Labute approximate surface area is 170 Å². The lowest BCUT2D eigenvalue weighted by Crippen LogP contribution is -2.48. The minimum absolute atomic E-state index is 0.0137. The van der Waals surface area contributed by atoms with Gasteiger partial charge in [0.2, 0.25) is 11.8 Å². The van der Waals surface area contributed by atoms with Crippen LogP contribution in [0.4, 0.5) is 5.69 Å². The fraction of sp³-hybridized carbons (Fsp3) is 0.174. The number of hydrogen-bond acceptors (Lipinski definition) is 6. The van der Waals surface area contributed by atoms with E-state index in [1.54, 1.807) is 35.2 Å². The van der Waals surface area contributed by atoms with Gasteiger partial charge in [-0.05, 0) is 30.5 Å². The lowest BCUT2D eigenvalue weighted by molar-refractivity contribution is -0.121. The Bertz CT molecular complexity index is 1430. The molecule has 3 aromatic rings. The number of nitrogens with two attached hydrogens (primary N) is 1. The molecule has 6 rings (SSSR count). The van der Waals surface area contributed by atoms with Gasteiger partial charge >= 0.3 is 5.63 Å². The van der Waals surface area contributed by atoms with Gasteiger partial charge in [0.05, 0.1) is 11.1 Å². The number of amides is 1. The SMILES string of the molecule is N#CC1=C(N)Oc2c(c(=O)oc3ccccc23)C12C(=O)N1CCCc3cccc2c31. The number of carbonyl (C=O) groups is 1. The van der Waals surface area contributed by atoms with Gasteiger partial charge in [0.25, 0.3) is 0 Å². The van der Waals surface area contributed by atoms with Crippen LogP contribution in [0, 0.1) is 11.3 Å². The molecule has 7 heteroatoms. The molecule has 3 aliphatic heterocycles. The number of aryl methyl sites for hydroxylation is 1. The zero-order valence-corrected chi connectivity index (χ0v) is 15.8. The first-order valence-electron chi connectivity index (χ1n) is 9.68. The molecule has 0 saturated heterocycles.